The number of dihydropyridines is 1. The van der Waals surface area contributed by atoms with Crippen molar-refractivity contribution in [2.24, 2.45) is 0 Å². The van der Waals surface area contributed by atoms with E-state index in [4.69, 9.17) is 9.47 Å². The summed E-state index contributed by atoms with van der Waals surface area (Å²) in [6.07, 6.45) is 2.02. The highest BCUT2D eigenvalue weighted by atomic mass is 32.2. The zero-order valence-corrected chi connectivity index (χ0v) is 18.4. The van der Waals surface area contributed by atoms with Crippen molar-refractivity contribution in [1.29, 1.82) is 0 Å². The third-order valence-corrected chi connectivity index (χ3v) is 6.19. The van der Waals surface area contributed by atoms with Crippen molar-refractivity contribution in [2.75, 3.05) is 25.2 Å². The Balaban J connectivity index is 1.98. The van der Waals surface area contributed by atoms with Crippen LogP contribution < -0.4 is 5.32 Å². The lowest BCUT2D eigenvalue weighted by molar-refractivity contribution is -0.138. The Kier molecular flexibility index (Phi) is 7.37. The lowest BCUT2D eigenvalue weighted by Crippen LogP contribution is -2.34. The molecule has 2 aliphatic rings. The first-order valence-electron chi connectivity index (χ1n) is 10.1. The molecule has 1 aromatic rings. The smallest absolute Gasteiger partial charge is 0.337 e. The molecule has 0 amide bonds. The van der Waals surface area contributed by atoms with Gasteiger partial charge >= 0.3 is 11.9 Å². The highest BCUT2D eigenvalue weighted by molar-refractivity contribution is 7.99. The van der Waals surface area contributed by atoms with Crippen molar-refractivity contribution in [3.63, 3.8) is 0 Å². The van der Waals surface area contributed by atoms with Gasteiger partial charge in [0.05, 0.1) is 18.2 Å². The first kappa shape index (κ1) is 22.2. The Labute approximate surface area is 181 Å². The molecule has 1 aromatic carbocycles. The summed E-state index contributed by atoms with van der Waals surface area (Å²) in [6.45, 7) is 4.22. The molecule has 3 rings (SSSR count). The first-order chi connectivity index (χ1) is 14.5. The van der Waals surface area contributed by atoms with Gasteiger partial charge in [-0.15, -0.1) is 0 Å². The van der Waals surface area contributed by atoms with Crippen LogP contribution in [0.5, 0.6) is 0 Å². The molecule has 160 valence electrons. The molecule has 1 heterocycles. The summed E-state index contributed by atoms with van der Waals surface area (Å²) in [5.74, 6) is 0.384. The predicted octanol–water partition coefficient (Wildman–Crippen LogP) is 3.74. The summed E-state index contributed by atoms with van der Waals surface area (Å²) in [7, 11) is 1.33. The van der Waals surface area contributed by atoms with Crippen molar-refractivity contribution >= 4 is 29.5 Å². The number of esters is 2. The van der Waals surface area contributed by atoms with Gasteiger partial charge in [-0.3, -0.25) is 4.79 Å². The van der Waals surface area contributed by atoms with E-state index in [1.54, 1.807) is 36.0 Å². The van der Waals surface area contributed by atoms with Crippen LogP contribution in [0.3, 0.4) is 0 Å². The Morgan fingerprint density at radius 3 is 2.57 bits per heavy atom. The highest BCUT2D eigenvalue weighted by Crippen LogP contribution is 2.42. The van der Waals surface area contributed by atoms with Gasteiger partial charge in [0.15, 0.2) is 5.78 Å². The summed E-state index contributed by atoms with van der Waals surface area (Å²) >= 11 is 1.70. The molecule has 0 spiro atoms. The molecule has 0 saturated carbocycles. The largest absolute Gasteiger partial charge is 0.465 e. The fourth-order valence-electron chi connectivity index (χ4n) is 3.93. The molecule has 30 heavy (non-hydrogen) atoms. The van der Waals surface area contributed by atoms with Crippen molar-refractivity contribution in [3.8, 4) is 0 Å². The lowest BCUT2D eigenvalue weighted by atomic mass is 9.75. The second-order valence-electron chi connectivity index (χ2n) is 7.21. The lowest BCUT2D eigenvalue weighted by Gasteiger charge is -2.34. The van der Waals surface area contributed by atoms with E-state index in [1.165, 1.54) is 7.11 Å². The second kappa shape index (κ2) is 9.98. The molecule has 0 bridgehead atoms. The molecular formula is C23H27NO5S. The minimum atomic E-state index is -0.507. The van der Waals surface area contributed by atoms with Crippen LogP contribution in [0, 0.1) is 0 Å². The van der Waals surface area contributed by atoms with Crippen LogP contribution in [-0.4, -0.2) is 42.9 Å². The molecule has 0 fully saturated rings. The molecule has 0 aromatic heterocycles. The molecule has 1 N–H and O–H groups in total. The average molecular weight is 430 g/mol. The van der Waals surface area contributed by atoms with Gasteiger partial charge in [0.2, 0.25) is 0 Å². The molecule has 0 radical (unpaired) electrons. The molecular weight excluding hydrogens is 402 g/mol. The fraction of sp³-hybridized carbons (Fsp3) is 0.435. The normalized spacial score (nSPS) is 18.6. The highest BCUT2D eigenvalue weighted by Gasteiger charge is 2.39. The number of carbonyl (C=O) groups excluding carboxylic acids is 3. The second-order valence-corrected chi connectivity index (χ2v) is 8.61. The van der Waals surface area contributed by atoms with E-state index in [9.17, 15) is 14.4 Å². The van der Waals surface area contributed by atoms with Crippen LogP contribution in [0.4, 0.5) is 0 Å². The molecule has 1 atom stereocenters. The molecule has 0 saturated heterocycles. The van der Waals surface area contributed by atoms with Crippen LogP contribution in [0.15, 0.2) is 46.8 Å². The van der Waals surface area contributed by atoms with Gasteiger partial charge in [0, 0.05) is 35.1 Å². The van der Waals surface area contributed by atoms with Crippen molar-refractivity contribution < 1.29 is 23.9 Å². The zero-order chi connectivity index (χ0) is 21.7. The third kappa shape index (κ3) is 4.61. The Morgan fingerprint density at radius 2 is 1.90 bits per heavy atom. The van der Waals surface area contributed by atoms with E-state index in [1.807, 2.05) is 6.92 Å². The number of allylic oxidation sites excluding steroid dienone is 3. The Bertz CT molecular complexity index is 901. The van der Waals surface area contributed by atoms with Gasteiger partial charge < -0.3 is 14.8 Å². The van der Waals surface area contributed by atoms with Gasteiger partial charge in [0.25, 0.3) is 0 Å². The number of hydrogen-bond acceptors (Lipinski definition) is 7. The first-order valence-corrected chi connectivity index (χ1v) is 11.3. The van der Waals surface area contributed by atoms with Gasteiger partial charge in [-0.05, 0) is 43.2 Å². The number of ketones is 1. The van der Waals surface area contributed by atoms with Crippen LogP contribution in [0.2, 0.25) is 0 Å². The zero-order valence-electron chi connectivity index (χ0n) is 17.6. The van der Waals surface area contributed by atoms with E-state index in [-0.39, 0.29) is 5.78 Å². The van der Waals surface area contributed by atoms with Gasteiger partial charge in [-0.25, -0.2) is 9.59 Å². The molecule has 6 nitrogen and oxygen atoms in total. The number of methoxy groups -OCH3 is 1. The van der Waals surface area contributed by atoms with Gasteiger partial charge in [-0.1, -0.05) is 19.1 Å². The van der Waals surface area contributed by atoms with Crippen LogP contribution >= 0.6 is 11.8 Å². The number of thioether (sulfide) groups is 1. The fourth-order valence-corrected chi connectivity index (χ4v) is 4.42. The average Bonchev–Trinajstić information content (AvgIpc) is 2.75. The number of nitrogens with one attached hydrogen (secondary N) is 1. The molecule has 7 heteroatoms. The molecule has 1 aliphatic carbocycles. The number of hydrogen-bond donors (Lipinski definition) is 1. The summed E-state index contributed by atoms with van der Waals surface area (Å²) in [4.78, 5) is 37.7. The summed E-state index contributed by atoms with van der Waals surface area (Å²) in [5, 5.41) is 3.28. The van der Waals surface area contributed by atoms with Gasteiger partial charge in [-0.2, -0.15) is 11.8 Å². The summed E-state index contributed by atoms with van der Waals surface area (Å²) in [5.41, 5.74) is 3.87. The number of rotatable bonds is 7. The number of ether oxygens (including phenoxy) is 2. The minimum absolute atomic E-state index is 0.0464. The standard InChI is InChI=1S/C23H27NO5S/c1-4-30-13-12-29-23(27)19-14(2)24-17-6-5-7-18(25)21(17)20(19)15-8-10-16(11-9-15)22(26)28-3/h8-11,20,24H,4-7,12-13H2,1-3H3/t20-/m1/s1. The summed E-state index contributed by atoms with van der Waals surface area (Å²) in [6, 6.07) is 6.88. The molecule has 1 aliphatic heterocycles. The van der Waals surface area contributed by atoms with Crippen molar-refractivity contribution in [3.05, 3.63) is 57.9 Å². The summed E-state index contributed by atoms with van der Waals surface area (Å²) < 4.78 is 10.3. The molecule has 0 unspecified atom stereocenters. The number of carbonyl (C=O) groups is 3. The van der Waals surface area contributed by atoms with Crippen LogP contribution in [-0.2, 0) is 19.1 Å². The van der Waals surface area contributed by atoms with Crippen LogP contribution in [0.1, 0.15) is 54.9 Å². The maximum atomic E-state index is 13.0. The van der Waals surface area contributed by atoms with E-state index < -0.39 is 17.9 Å². The van der Waals surface area contributed by atoms with E-state index in [2.05, 4.69) is 12.2 Å². The van der Waals surface area contributed by atoms with Crippen molar-refractivity contribution in [2.45, 2.75) is 39.0 Å². The van der Waals surface area contributed by atoms with E-state index >= 15 is 0 Å². The maximum absolute atomic E-state index is 13.0. The van der Waals surface area contributed by atoms with Gasteiger partial charge in [0.1, 0.15) is 6.61 Å². The third-order valence-electron chi connectivity index (χ3n) is 5.33. The monoisotopic (exact) mass is 429 g/mol. The quantitative estimate of drug-likeness (QED) is 0.522. The Morgan fingerprint density at radius 1 is 1.17 bits per heavy atom. The number of Topliss-reactive ketones (excluding diaryl/α,β-unsaturated/α-hetero) is 1. The van der Waals surface area contributed by atoms with Crippen LogP contribution in [0.25, 0.3) is 0 Å². The van der Waals surface area contributed by atoms with E-state index in [0.717, 1.165) is 35.6 Å². The number of benzene rings is 1. The maximum Gasteiger partial charge on any atom is 0.337 e. The predicted molar refractivity (Wildman–Crippen MR) is 116 cm³/mol. The van der Waals surface area contributed by atoms with Crippen molar-refractivity contribution in [1.82, 2.24) is 5.32 Å². The SMILES string of the molecule is CCSCCOC(=O)C1=C(C)NC2=C(C(=O)CCC2)[C@@H]1c1ccc(C(=O)OC)cc1. The minimum Gasteiger partial charge on any atom is -0.465 e. The topological polar surface area (TPSA) is 81.7 Å². The Hall–Kier alpha value is -2.54. The van der Waals surface area contributed by atoms with E-state index in [0.29, 0.717) is 35.4 Å².